The van der Waals surface area contributed by atoms with Gasteiger partial charge in [-0.1, -0.05) is 75.6 Å². The Morgan fingerprint density at radius 2 is 1.75 bits per heavy atom. The van der Waals surface area contributed by atoms with Gasteiger partial charge in [0, 0.05) is 0 Å². The highest BCUT2D eigenvalue weighted by atomic mass is 16.3. The van der Waals surface area contributed by atoms with Gasteiger partial charge in [-0.05, 0) is 35.1 Å². The fourth-order valence-corrected chi connectivity index (χ4v) is 3.00. The average Bonchev–Trinajstić information content (AvgIpc) is 2.48. The van der Waals surface area contributed by atoms with Gasteiger partial charge in [0.25, 0.3) is 0 Å². The van der Waals surface area contributed by atoms with Crippen LogP contribution < -0.4 is 0 Å². The molecule has 0 heterocycles. The maximum absolute atomic E-state index is 10.5. The summed E-state index contributed by atoms with van der Waals surface area (Å²) >= 11 is 0. The fraction of sp³-hybridized carbons (Fsp3) is 0.474. The van der Waals surface area contributed by atoms with E-state index in [-0.39, 0.29) is 6.10 Å². The molecule has 2 aromatic carbocycles. The molecule has 0 saturated heterocycles. The molecule has 0 aliphatic carbocycles. The van der Waals surface area contributed by atoms with Crippen LogP contribution in [0.5, 0.6) is 0 Å². The van der Waals surface area contributed by atoms with E-state index in [9.17, 15) is 5.11 Å². The summed E-state index contributed by atoms with van der Waals surface area (Å²) in [6.45, 7) is 4.40. The molecular formula is C19H26O. The van der Waals surface area contributed by atoms with Crippen LogP contribution in [0.4, 0.5) is 0 Å². The molecule has 0 spiro atoms. The summed E-state index contributed by atoms with van der Waals surface area (Å²) in [6.07, 6.45) is 5.16. The lowest BCUT2D eigenvalue weighted by molar-refractivity contribution is 0.0990. The van der Waals surface area contributed by atoms with E-state index in [1.807, 2.05) is 0 Å². The molecule has 2 rings (SSSR count). The van der Waals surface area contributed by atoms with Crippen molar-refractivity contribution < 1.29 is 5.11 Å². The second kappa shape index (κ2) is 7.44. The highest BCUT2D eigenvalue weighted by molar-refractivity contribution is 5.85. The molecule has 2 aromatic rings. The van der Waals surface area contributed by atoms with Crippen LogP contribution in [0.3, 0.4) is 0 Å². The predicted molar refractivity (Wildman–Crippen MR) is 87.0 cm³/mol. The van der Waals surface area contributed by atoms with Crippen molar-refractivity contribution in [3.63, 3.8) is 0 Å². The third-order valence-electron chi connectivity index (χ3n) is 4.31. The molecule has 1 heteroatoms. The number of aliphatic hydroxyl groups is 1. The summed E-state index contributed by atoms with van der Waals surface area (Å²) in [5, 5.41) is 13.1. The lowest BCUT2D eigenvalue weighted by atomic mass is 9.88. The standard InChI is InChI=1S/C19H26O/c1-3-5-9-15(4-2)19(20)14-17-12-8-11-16-10-6-7-13-18(16)17/h6-8,10-13,15,19-20H,3-5,9,14H2,1-2H3. The number of hydrogen-bond donors (Lipinski definition) is 1. The van der Waals surface area contributed by atoms with E-state index in [2.05, 4.69) is 56.3 Å². The van der Waals surface area contributed by atoms with Crippen molar-refractivity contribution >= 4 is 10.8 Å². The zero-order valence-electron chi connectivity index (χ0n) is 12.7. The Bertz CT molecular complexity index is 527. The molecule has 2 unspecified atom stereocenters. The molecule has 1 N–H and O–H groups in total. The van der Waals surface area contributed by atoms with Gasteiger partial charge in [-0.25, -0.2) is 0 Å². The molecule has 2 atom stereocenters. The Balaban J connectivity index is 2.14. The molecule has 20 heavy (non-hydrogen) atoms. The number of benzene rings is 2. The number of hydrogen-bond acceptors (Lipinski definition) is 1. The molecule has 0 bridgehead atoms. The number of rotatable bonds is 7. The molecule has 0 aromatic heterocycles. The molecule has 0 aliphatic rings. The Kier molecular flexibility index (Phi) is 5.60. The van der Waals surface area contributed by atoms with Gasteiger partial charge in [-0.3, -0.25) is 0 Å². The molecular weight excluding hydrogens is 244 g/mol. The van der Waals surface area contributed by atoms with Crippen molar-refractivity contribution in [3.8, 4) is 0 Å². The maximum Gasteiger partial charge on any atom is 0.0608 e. The van der Waals surface area contributed by atoms with Gasteiger partial charge in [0.2, 0.25) is 0 Å². The minimum atomic E-state index is -0.225. The van der Waals surface area contributed by atoms with Gasteiger partial charge < -0.3 is 5.11 Å². The van der Waals surface area contributed by atoms with E-state index in [4.69, 9.17) is 0 Å². The molecule has 0 saturated carbocycles. The van der Waals surface area contributed by atoms with Gasteiger partial charge >= 0.3 is 0 Å². The first kappa shape index (κ1) is 15.1. The van der Waals surface area contributed by atoms with Crippen LogP contribution >= 0.6 is 0 Å². The lowest BCUT2D eigenvalue weighted by Gasteiger charge is -2.22. The van der Waals surface area contributed by atoms with E-state index >= 15 is 0 Å². The van der Waals surface area contributed by atoms with E-state index in [0.29, 0.717) is 5.92 Å². The van der Waals surface area contributed by atoms with Crippen LogP contribution in [0.1, 0.15) is 45.1 Å². The first-order chi connectivity index (χ1) is 9.76. The molecule has 108 valence electrons. The summed E-state index contributed by atoms with van der Waals surface area (Å²) in [5.74, 6) is 0.425. The topological polar surface area (TPSA) is 20.2 Å². The van der Waals surface area contributed by atoms with E-state index in [0.717, 1.165) is 19.3 Å². The SMILES string of the molecule is CCCCC(CC)C(O)Cc1cccc2ccccc12. The van der Waals surface area contributed by atoms with Crippen molar-refractivity contribution in [3.05, 3.63) is 48.0 Å². The van der Waals surface area contributed by atoms with Crippen molar-refractivity contribution in [2.24, 2.45) is 5.92 Å². The molecule has 0 fully saturated rings. The number of aliphatic hydroxyl groups excluding tert-OH is 1. The van der Waals surface area contributed by atoms with Crippen molar-refractivity contribution in [1.82, 2.24) is 0 Å². The molecule has 0 amide bonds. The first-order valence-corrected chi connectivity index (χ1v) is 7.91. The Hall–Kier alpha value is -1.34. The van der Waals surface area contributed by atoms with E-state index in [1.165, 1.54) is 29.2 Å². The van der Waals surface area contributed by atoms with Gasteiger partial charge in [-0.2, -0.15) is 0 Å². The molecule has 1 nitrogen and oxygen atoms in total. The van der Waals surface area contributed by atoms with Crippen molar-refractivity contribution in [2.75, 3.05) is 0 Å². The highest BCUT2D eigenvalue weighted by Gasteiger charge is 2.18. The van der Waals surface area contributed by atoms with Crippen molar-refractivity contribution in [2.45, 2.75) is 52.1 Å². The zero-order valence-corrected chi connectivity index (χ0v) is 12.7. The van der Waals surface area contributed by atoms with Crippen LogP contribution in [-0.2, 0) is 6.42 Å². The largest absolute Gasteiger partial charge is 0.392 e. The summed E-state index contributed by atoms with van der Waals surface area (Å²) in [4.78, 5) is 0. The molecule has 0 radical (unpaired) electrons. The minimum absolute atomic E-state index is 0.225. The monoisotopic (exact) mass is 270 g/mol. The third kappa shape index (κ3) is 3.61. The first-order valence-electron chi connectivity index (χ1n) is 7.91. The predicted octanol–water partition coefficient (Wildman–Crippen LogP) is 4.96. The zero-order chi connectivity index (χ0) is 14.4. The Morgan fingerprint density at radius 3 is 2.50 bits per heavy atom. The Morgan fingerprint density at radius 1 is 1.00 bits per heavy atom. The number of unbranched alkanes of at least 4 members (excludes halogenated alkanes) is 1. The van der Waals surface area contributed by atoms with Crippen LogP contribution in [-0.4, -0.2) is 11.2 Å². The van der Waals surface area contributed by atoms with Gasteiger partial charge in [0.1, 0.15) is 0 Å². The van der Waals surface area contributed by atoms with E-state index < -0.39 is 0 Å². The second-order valence-corrected chi connectivity index (χ2v) is 5.72. The average molecular weight is 270 g/mol. The van der Waals surface area contributed by atoms with E-state index in [1.54, 1.807) is 0 Å². The smallest absolute Gasteiger partial charge is 0.0608 e. The third-order valence-corrected chi connectivity index (χ3v) is 4.31. The second-order valence-electron chi connectivity index (χ2n) is 5.72. The fourth-order valence-electron chi connectivity index (χ4n) is 3.00. The molecule has 0 aliphatic heterocycles. The minimum Gasteiger partial charge on any atom is -0.392 e. The van der Waals surface area contributed by atoms with Crippen LogP contribution in [0.15, 0.2) is 42.5 Å². The van der Waals surface area contributed by atoms with Crippen LogP contribution in [0.2, 0.25) is 0 Å². The van der Waals surface area contributed by atoms with Gasteiger partial charge in [0.15, 0.2) is 0 Å². The highest BCUT2D eigenvalue weighted by Crippen LogP contribution is 2.24. The van der Waals surface area contributed by atoms with Crippen LogP contribution in [0.25, 0.3) is 10.8 Å². The maximum atomic E-state index is 10.5. The van der Waals surface area contributed by atoms with Gasteiger partial charge in [-0.15, -0.1) is 0 Å². The summed E-state index contributed by atoms with van der Waals surface area (Å²) < 4.78 is 0. The summed E-state index contributed by atoms with van der Waals surface area (Å²) in [7, 11) is 0. The normalized spacial score (nSPS) is 14.3. The lowest BCUT2D eigenvalue weighted by Crippen LogP contribution is -2.22. The summed E-state index contributed by atoms with van der Waals surface area (Å²) in [5.41, 5.74) is 1.27. The van der Waals surface area contributed by atoms with Crippen molar-refractivity contribution in [1.29, 1.82) is 0 Å². The Labute approximate surface area is 122 Å². The van der Waals surface area contributed by atoms with Crippen LogP contribution in [0, 0.1) is 5.92 Å². The quantitative estimate of drug-likeness (QED) is 0.754. The number of fused-ring (bicyclic) bond motifs is 1. The summed E-state index contributed by atoms with van der Waals surface area (Å²) in [6, 6.07) is 14.8. The van der Waals surface area contributed by atoms with Gasteiger partial charge in [0.05, 0.1) is 6.10 Å².